The highest BCUT2D eigenvalue weighted by Gasteiger charge is 2.09. The van der Waals surface area contributed by atoms with Gasteiger partial charge in [-0.05, 0) is 44.0 Å². The SMILES string of the molecule is CC(N)=Nc1ccc(CCCN2CCOCC2)cc1. The van der Waals surface area contributed by atoms with Gasteiger partial charge in [-0.3, -0.25) is 4.90 Å². The molecule has 0 amide bonds. The van der Waals surface area contributed by atoms with Crippen LogP contribution in [0.1, 0.15) is 18.9 Å². The van der Waals surface area contributed by atoms with Gasteiger partial charge in [-0.1, -0.05) is 12.1 Å². The van der Waals surface area contributed by atoms with Gasteiger partial charge in [-0.25, -0.2) is 4.99 Å². The van der Waals surface area contributed by atoms with E-state index in [-0.39, 0.29) is 0 Å². The molecule has 2 rings (SSSR count). The van der Waals surface area contributed by atoms with Crippen LogP contribution in [0.15, 0.2) is 29.3 Å². The number of amidine groups is 1. The Morgan fingerprint density at radius 1 is 1.26 bits per heavy atom. The lowest BCUT2D eigenvalue weighted by Crippen LogP contribution is -2.36. The molecule has 0 bridgehead atoms. The summed E-state index contributed by atoms with van der Waals surface area (Å²) in [4.78, 5) is 6.70. The summed E-state index contributed by atoms with van der Waals surface area (Å²) in [6.45, 7) is 6.87. The molecule has 4 nitrogen and oxygen atoms in total. The van der Waals surface area contributed by atoms with Crippen LogP contribution < -0.4 is 5.73 Å². The van der Waals surface area contributed by atoms with E-state index in [0.717, 1.165) is 45.0 Å². The lowest BCUT2D eigenvalue weighted by Gasteiger charge is -2.26. The normalized spacial score (nSPS) is 17.6. The number of nitrogens with two attached hydrogens (primary N) is 1. The topological polar surface area (TPSA) is 50.8 Å². The second kappa shape index (κ2) is 7.26. The van der Waals surface area contributed by atoms with Crippen LogP contribution in [0.2, 0.25) is 0 Å². The molecular formula is C15H23N3O. The van der Waals surface area contributed by atoms with Gasteiger partial charge >= 0.3 is 0 Å². The van der Waals surface area contributed by atoms with Crippen LogP contribution in [0.4, 0.5) is 5.69 Å². The molecule has 1 aliphatic heterocycles. The number of morpholine rings is 1. The van der Waals surface area contributed by atoms with Crippen molar-refractivity contribution < 1.29 is 4.74 Å². The van der Waals surface area contributed by atoms with Crippen LogP contribution in [0.3, 0.4) is 0 Å². The number of ether oxygens (including phenoxy) is 1. The van der Waals surface area contributed by atoms with Gasteiger partial charge in [0.1, 0.15) is 0 Å². The molecule has 0 saturated carbocycles. The number of aliphatic imine (C=N–C) groups is 1. The predicted molar refractivity (Wildman–Crippen MR) is 79.0 cm³/mol. The predicted octanol–water partition coefficient (Wildman–Crippen LogP) is 1.96. The number of hydrogen-bond acceptors (Lipinski definition) is 3. The fraction of sp³-hybridized carbons (Fsp3) is 0.533. The van der Waals surface area contributed by atoms with Gasteiger partial charge < -0.3 is 10.5 Å². The summed E-state index contributed by atoms with van der Waals surface area (Å²) >= 11 is 0. The maximum atomic E-state index is 5.56. The minimum absolute atomic E-state index is 0.597. The molecule has 19 heavy (non-hydrogen) atoms. The molecule has 0 radical (unpaired) electrons. The maximum absolute atomic E-state index is 5.56. The quantitative estimate of drug-likeness (QED) is 0.651. The minimum atomic E-state index is 0.597. The highest BCUT2D eigenvalue weighted by atomic mass is 16.5. The molecule has 0 aromatic heterocycles. The van der Waals surface area contributed by atoms with Crippen molar-refractivity contribution >= 4 is 11.5 Å². The fourth-order valence-electron chi connectivity index (χ4n) is 2.27. The first-order valence-electron chi connectivity index (χ1n) is 6.94. The smallest absolute Gasteiger partial charge is 0.0964 e. The summed E-state index contributed by atoms with van der Waals surface area (Å²) in [6, 6.07) is 8.34. The summed E-state index contributed by atoms with van der Waals surface area (Å²) < 4.78 is 5.34. The van der Waals surface area contributed by atoms with E-state index in [1.807, 2.05) is 12.1 Å². The molecule has 2 N–H and O–H groups in total. The third kappa shape index (κ3) is 5.01. The molecule has 1 saturated heterocycles. The Hall–Kier alpha value is -1.39. The summed E-state index contributed by atoms with van der Waals surface area (Å²) in [5, 5.41) is 0. The molecule has 4 heteroatoms. The van der Waals surface area contributed by atoms with E-state index in [1.165, 1.54) is 12.0 Å². The van der Waals surface area contributed by atoms with Crippen LogP contribution >= 0.6 is 0 Å². The Balaban J connectivity index is 1.75. The molecule has 1 aliphatic rings. The Kier molecular flexibility index (Phi) is 5.36. The standard InChI is InChI=1S/C15H23N3O/c1-13(16)17-15-6-4-14(5-7-15)3-2-8-18-9-11-19-12-10-18/h4-7H,2-3,8-12H2,1H3,(H2,16,17). The van der Waals surface area contributed by atoms with Crippen molar-refractivity contribution in [1.29, 1.82) is 0 Å². The molecule has 1 aromatic carbocycles. The van der Waals surface area contributed by atoms with E-state index >= 15 is 0 Å². The molecule has 0 atom stereocenters. The summed E-state index contributed by atoms with van der Waals surface area (Å²) in [7, 11) is 0. The van der Waals surface area contributed by atoms with Gasteiger partial charge in [0.15, 0.2) is 0 Å². The van der Waals surface area contributed by atoms with Crippen molar-refractivity contribution in [2.24, 2.45) is 10.7 Å². The maximum Gasteiger partial charge on any atom is 0.0964 e. The van der Waals surface area contributed by atoms with Crippen LogP contribution in [0, 0.1) is 0 Å². The van der Waals surface area contributed by atoms with E-state index in [0.29, 0.717) is 5.84 Å². The molecule has 1 heterocycles. The number of hydrogen-bond donors (Lipinski definition) is 1. The Bertz CT molecular complexity index is 404. The third-order valence-electron chi connectivity index (χ3n) is 3.29. The molecule has 104 valence electrons. The number of rotatable bonds is 5. The van der Waals surface area contributed by atoms with E-state index in [1.54, 1.807) is 6.92 Å². The first-order valence-corrected chi connectivity index (χ1v) is 6.94. The van der Waals surface area contributed by atoms with Crippen molar-refractivity contribution in [1.82, 2.24) is 4.90 Å². The molecule has 1 fully saturated rings. The Morgan fingerprint density at radius 2 is 1.95 bits per heavy atom. The molecule has 0 spiro atoms. The highest BCUT2D eigenvalue weighted by Crippen LogP contribution is 2.14. The van der Waals surface area contributed by atoms with E-state index in [9.17, 15) is 0 Å². The fourth-order valence-corrected chi connectivity index (χ4v) is 2.27. The van der Waals surface area contributed by atoms with Gasteiger partial charge in [0.25, 0.3) is 0 Å². The van der Waals surface area contributed by atoms with Gasteiger partial charge in [-0.15, -0.1) is 0 Å². The van der Waals surface area contributed by atoms with Gasteiger partial charge in [0.2, 0.25) is 0 Å². The first kappa shape index (κ1) is 14.0. The average molecular weight is 261 g/mol. The summed E-state index contributed by atoms with van der Waals surface area (Å²) in [5.41, 5.74) is 7.85. The molecule has 0 unspecified atom stereocenters. The van der Waals surface area contributed by atoms with E-state index in [2.05, 4.69) is 22.0 Å². The third-order valence-corrected chi connectivity index (χ3v) is 3.29. The number of benzene rings is 1. The van der Waals surface area contributed by atoms with Crippen molar-refractivity contribution in [2.75, 3.05) is 32.8 Å². The van der Waals surface area contributed by atoms with Gasteiger partial charge in [0, 0.05) is 13.1 Å². The number of aryl methyl sites for hydroxylation is 1. The van der Waals surface area contributed by atoms with Gasteiger partial charge in [-0.2, -0.15) is 0 Å². The molecular weight excluding hydrogens is 238 g/mol. The first-order chi connectivity index (χ1) is 9.24. The van der Waals surface area contributed by atoms with E-state index < -0.39 is 0 Å². The van der Waals surface area contributed by atoms with E-state index in [4.69, 9.17) is 10.5 Å². The Morgan fingerprint density at radius 3 is 2.58 bits per heavy atom. The summed E-state index contributed by atoms with van der Waals surface area (Å²) in [6.07, 6.45) is 2.31. The van der Waals surface area contributed by atoms with Crippen molar-refractivity contribution in [3.05, 3.63) is 29.8 Å². The lowest BCUT2D eigenvalue weighted by molar-refractivity contribution is 0.0375. The van der Waals surface area contributed by atoms with Gasteiger partial charge in [0.05, 0.1) is 24.7 Å². The van der Waals surface area contributed by atoms with Crippen LogP contribution in [-0.4, -0.2) is 43.6 Å². The monoisotopic (exact) mass is 261 g/mol. The zero-order valence-corrected chi connectivity index (χ0v) is 11.6. The Labute approximate surface area is 115 Å². The zero-order valence-electron chi connectivity index (χ0n) is 11.6. The van der Waals surface area contributed by atoms with Crippen LogP contribution in [0.25, 0.3) is 0 Å². The van der Waals surface area contributed by atoms with Crippen LogP contribution in [-0.2, 0) is 11.2 Å². The van der Waals surface area contributed by atoms with Crippen molar-refractivity contribution in [3.8, 4) is 0 Å². The second-order valence-corrected chi connectivity index (χ2v) is 4.98. The molecule has 0 aliphatic carbocycles. The average Bonchev–Trinajstić information content (AvgIpc) is 2.41. The minimum Gasteiger partial charge on any atom is -0.387 e. The second-order valence-electron chi connectivity index (χ2n) is 4.98. The highest BCUT2D eigenvalue weighted by molar-refractivity contribution is 5.80. The molecule has 1 aromatic rings. The summed E-state index contributed by atoms with van der Waals surface area (Å²) in [5.74, 6) is 0.597. The van der Waals surface area contributed by atoms with Crippen molar-refractivity contribution in [2.45, 2.75) is 19.8 Å². The largest absolute Gasteiger partial charge is 0.387 e. The lowest BCUT2D eigenvalue weighted by atomic mass is 10.1. The van der Waals surface area contributed by atoms with Crippen LogP contribution in [0.5, 0.6) is 0 Å². The zero-order chi connectivity index (χ0) is 13.5. The number of nitrogens with zero attached hydrogens (tertiary/aromatic N) is 2. The van der Waals surface area contributed by atoms with Crippen molar-refractivity contribution in [3.63, 3.8) is 0 Å².